The van der Waals surface area contributed by atoms with Crippen LogP contribution in [0.25, 0.3) is 11.3 Å². The smallest absolute Gasteiger partial charge is 0.307 e. The first-order chi connectivity index (χ1) is 10.7. The molecule has 2 saturated heterocycles. The fourth-order valence-corrected chi connectivity index (χ4v) is 3.44. The van der Waals surface area contributed by atoms with Gasteiger partial charge in [0.1, 0.15) is 0 Å². The van der Waals surface area contributed by atoms with Crippen LogP contribution in [-0.2, 0) is 0 Å². The van der Waals surface area contributed by atoms with Crippen molar-refractivity contribution in [3.8, 4) is 11.3 Å². The highest BCUT2D eigenvalue weighted by Gasteiger charge is 2.40. The number of hydrogen-bond acceptors (Lipinski definition) is 4. The average Bonchev–Trinajstić information content (AvgIpc) is 3.24. The number of aromatic nitrogens is 1. The molecule has 3 unspecified atom stereocenters. The molecule has 0 aliphatic carbocycles. The van der Waals surface area contributed by atoms with E-state index in [1.54, 1.807) is 6.20 Å². The number of hydrogen-bond donors (Lipinski definition) is 2. The standard InChI is InChI=1S/C17H19N3O2/c1-10-2-4-11(5-3-10)15-9-18-17(22-15)16(21)20-14-8-12-6-7-13(14)19-12/h2-5,9,12-14,19H,6-8H2,1H3,(H,20,21). The molecule has 2 fully saturated rings. The summed E-state index contributed by atoms with van der Waals surface area (Å²) < 4.78 is 5.62. The number of benzene rings is 1. The zero-order valence-corrected chi connectivity index (χ0v) is 12.5. The molecule has 0 radical (unpaired) electrons. The van der Waals surface area contributed by atoms with Crippen molar-refractivity contribution in [2.45, 2.75) is 44.3 Å². The Morgan fingerprint density at radius 2 is 2.14 bits per heavy atom. The Kier molecular flexibility index (Phi) is 3.22. The van der Waals surface area contributed by atoms with Crippen LogP contribution in [0.5, 0.6) is 0 Å². The lowest BCUT2D eigenvalue weighted by molar-refractivity contribution is 0.0896. The SMILES string of the molecule is Cc1ccc(-c2cnc(C(=O)NC3CC4CCC3N4)o2)cc1. The van der Waals surface area contributed by atoms with Gasteiger partial charge >= 0.3 is 5.91 Å². The molecule has 5 heteroatoms. The van der Waals surface area contributed by atoms with E-state index in [9.17, 15) is 4.79 Å². The summed E-state index contributed by atoms with van der Waals surface area (Å²) in [6.07, 6.45) is 4.96. The lowest BCUT2D eigenvalue weighted by Gasteiger charge is -2.20. The minimum absolute atomic E-state index is 0.137. The Hall–Kier alpha value is -2.14. The third-order valence-electron chi connectivity index (χ3n) is 4.65. The number of amides is 1. The van der Waals surface area contributed by atoms with Crippen molar-refractivity contribution in [1.82, 2.24) is 15.6 Å². The Morgan fingerprint density at radius 1 is 1.32 bits per heavy atom. The van der Waals surface area contributed by atoms with Gasteiger partial charge in [-0.1, -0.05) is 29.8 Å². The van der Waals surface area contributed by atoms with Gasteiger partial charge in [0.15, 0.2) is 5.76 Å². The van der Waals surface area contributed by atoms with Gasteiger partial charge in [-0.25, -0.2) is 4.98 Å². The van der Waals surface area contributed by atoms with E-state index in [0.717, 1.165) is 18.4 Å². The maximum atomic E-state index is 12.3. The van der Waals surface area contributed by atoms with Crippen LogP contribution in [0.1, 0.15) is 35.5 Å². The van der Waals surface area contributed by atoms with Crippen molar-refractivity contribution >= 4 is 5.91 Å². The number of rotatable bonds is 3. The maximum Gasteiger partial charge on any atom is 0.307 e. The predicted molar refractivity (Wildman–Crippen MR) is 82.5 cm³/mol. The van der Waals surface area contributed by atoms with Crippen LogP contribution in [0.2, 0.25) is 0 Å². The first-order valence-electron chi connectivity index (χ1n) is 7.79. The van der Waals surface area contributed by atoms with Crippen LogP contribution >= 0.6 is 0 Å². The van der Waals surface area contributed by atoms with Crippen LogP contribution in [0, 0.1) is 6.92 Å². The van der Waals surface area contributed by atoms with Crippen molar-refractivity contribution in [2.24, 2.45) is 0 Å². The van der Waals surface area contributed by atoms with Crippen LogP contribution in [0.4, 0.5) is 0 Å². The number of oxazole rings is 1. The lowest BCUT2D eigenvalue weighted by atomic mass is 9.95. The van der Waals surface area contributed by atoms with Crippen molar-refractivity contribution in [1.29, 1.82) is 0 Å². The van der Waals surface area contributed by atoms with Gasteiger partial charge in [0, 0.05) is 23.7 Å². The molecular formula is C17H19N3O2. The minimum atomic E-state index is -0.224. The molecule has 5 nitrogen and oxygen atoms in total. The molecule has 114 valence electrons. The molecule has 0 saturated carbocycles. The van der Waals surface area contributed by atoms with E-state index >= 15 is 0 Å². The quantitative estimate of drug-likeness (QED) is 0.912. The second-order valence-corrected chi connectivity index (χ2v) is 6.26. The van der Waals surface area contributed by atoms with Gasteiger partial charge in [-0.2, -0.15) is 0 Å². The predicted octanol–water partition coefficient (Wildman–Crippen LogP) is 2.27. The highest BCUT2D eigenvalue weighted by Crippen LogP contribution is 2.28. The summed E-state index contributed by atoms with van der Waals surface area (Å²) in [6.45, 7) is 2.03. The van der Waals surface area contributed by atoms with Crippen LogP contribution in [-0.4, -0.2) is 29.0 Å². The summed E-state index contributed by atoms with van der Waals surface area (Å²) in [4.78, 5) is 16.4. The molecule has 22 heavy (non-hydrogen) atoms. The normalized spacial score (nSPS) is 26.3. The number of nitrogens with one attached hydrogen (secondary N) is 2. The molecule has 2 N–H and O–H groups in total. The van der Waals surface area contributed by atoms with Gasteiger partial charge < -0.3 is 15.1 Å². The monoisotopic (exact) mass is 297 g/mol. The van der Waals surface area contributed by atoms with Crippen LogP contribution in [0.15, 0.2) is 34.9 Å². The summed E-state index contributed by atoms with van der Waals surface area (Å²) in [6, 6.07) is 9.12. The summed E-state index contributed by atoms with van der Waals surface area (Å²) >= 11 is 0. The first kappa shape index (κ1) is 13.5. The number of carbonyl (C=O) groups excluding carboxylic acids is 1. The van der Waals surface area contributed by atoms with E-state index in [4.69, 9.17) is 4.42 Å². The van der Waals surface area contributed by atoms with E-state index in [1.807, 2.05) is 31.2 Å². The Balaban J connectivity index is 1.46. The fraction of sp³-hybridized carbons (Fsp3) is 0.412. The Labute approximate surface area is 129 Å². The van der Waals surface area contributed by atoms with Gasteiger partial charge in [0.2, 0.25) is 0 Å². The largest absolute Gasteiger partial charge is 0.432 e. The van der Waals surface area contributed by atoms with Crippen LogP contribution < -0.4 is 10.6 Å². The average molecular weight is 297 g/mol. The molecule has 3 heterocycles. The molecule has 0 spiro atoms. The number of fused-ring (bicyclic) bond motifs is 2. The van der Waals surface area contributed by atoms with E-state index in [1.165, 1.54) is 12.0 Å². The number of aryl methyl sites for hydroxylation is 1. The summed E-state index contributed by atoms with van der Waals surface area (Å²) in [5.74, 6) is 0.535. The highest BCUT2D eigenvalue weighted by atomic mass is 16.4. The highest BCUT2D eigenvalue weighted by molar-refractivity contribution is 5.90. The molecule has 1 amide bonds. The molecule has 2 bridgehead atoms. The zero-order valence-electron chi connectivity index (χ0n) is 12.5. The Bertz CT molecular complexity index is 692. The summed E-state index contributed by atoms with van der Waals surface area (Å²) in [5.41, 5.74) is 2.11. The van der Waals surface area contributed by atoms with Gasteiger partial charge in [-0.15, -0.1) is 0 Å². The molecule has 1 aromatic heterocycles. The van der Waals surface area contributed by atoms with Gasteiger partial charge in [-0.05, 0) is 26.2 Å². The zero-order chi connectivity index (χ0) is 15.1. The van der Waals surface area contributed by atoms with Crippen LogP contribution in [0.3, 0.4) is 0 Å². The minimum Gasteiger partial charge on any atom is -0.432 e. The van der Waals surface area contributed by atoms with Crippen molar-refractivity contribution in [3.05, 3.63) is 41.9 Å². The lowest BCUT2D eigenvalue weighted by Crippen LogP contribution is -2.43. The van der Waals surface area contributed by atoms with Gasteiger partial charge in [0.25, 0.3) is 5.89 Å². The summed E-state index contributed by atoms with van der Waals surface area (Å²) in [5, 5.41) is 6.55. The maximum absolute atomic E-state index is 12.3. The van der Waals surface area contributed by atoms with E-state index < -0.39 is 0 Å². The summed E-state index contributed by atoms with van der Waals surface area (Å²) in [7, 11) is 0. The van der Waals surface area contributed by atoms with Crippen molar-refractivity contribution in [3.63, 3.8) is 0 Å². The van der Waals surface area contributed by atoms with E-state index in [2.05, 4.69) is 15.6 Å². The topological polar surface area (TPSA) is 67.2 Å². The molecule has 4 rings (SSSR count). The van der Waals surface area contributed by atoms with Gasteiger partial charge in [0.05, 0.1) is 6.20 Å². The molecule has 2 aliphatic heterocycles. The molecule has 3 atom stereocenters. The molecule has 2 aromatic rings. The third-order valence-corrected chi connectivity index (χ3v) is 4.65. The second-order valence-electron chi connectivity index (χ2n) is 6.26. The molecule has 2 aliphatic rings. The molecule has 1 aromatic carbocycles. The fourth-order valence-electron chi connectivity index (χ4n) is 3.44. The van der Waals surface area contributed by atoms with Gasteiger partial charge in [-0.3, -0.25) is 4.79 Å². The number of nitrogens with zero attached hydrogens (tertiary/aromatic N) is 1. The van der Waals surface area contributed by atoms with E-state index in [-0.39, 0.29) is 17.8 Å². The van der Waals surface area contributed by atoms with Crippen molar-refractivity contribution < 1.29 is 9.21 Å². The molecular weight excluding hydrogens is 278 g/mol. The third kappa shape index (κ3) is 2.41. The second kappa shape index (κ2) is 5.25. The Morgan fingerprint density at radius 3 is 2.82 bits per heavy atom. The van der Waals surface area contributed by atoms with E-state index in [0.29, 0.717) is 17.8 Å². The number of carbonyl (C=O) groups is 1. The van der Waals surface area contributed by atoms with Crippen molar-refractivity contribution in [2.75, 3.05) is 0 Å². The first-order valence-corrected chi connectivity index (χ1v) is 7.79.